The number of guanidine groups is 1. The number of aliphatic carboxylic acids is 2. The molecule has 2 aliphatic rings. The molecule has 0 saturated heterocycles. The SMILES string of the molecule is Br.Br.Nc1ncc(F)cn1.O=C(O)C(=O)CBr.O=C(O)C1(O)CN2C=C(F)C=NC2=N1.O=C(O)c1cn2cc(F)cnc2n1. The Labute approximate surface area is 272 Å². The van der Waals surface area contributed by atoms with Crippen molar-refractivity contribution in [3.8, 4) is 0 Å². The van der Waals surface area contributed by atoms with Gasteiger partial charge in [0.25, 0.3) is 5.72 Å². The molecular weight excluding hydrogens is 803 g/mol. The highest BCUT2D eigenvalue weighted by Gasteiger charge is 2.44. The fourth-order valence-corrected chi connectivity index (χ4v) is 2.78. The molecule has 5 heterocycles. The number of halogens is 6. The van der Waals surface area contributed by atoms with Crippen LogP contribution in [0.2, 0.25) is 0 Å². The van der Waals surface area contributed by atoms with E-state index in [0.29, 0.717) is 0 Å². The van der Waals surface area contributed by atoms with E-state index in [1.807, 2.05) is 0 Å². The van der Waals surface area contributed by atoms with Gasteiger partial charge in [-0.15, -0.1) is 34.0 Å². The lowest BCUT2D eigenvalue weighted by Crippen LogP contribution is -2.41. The lowest BCUT2D eigenvalue weighted by molar-refractivity contribution is -0.156. The number of hydrogen-bond acceptors (Lipinski definition) is 13. The van der Waals surface area contributed by atoms with Gasteiger partial charge in [0.15, 0.2) is 23.2 Å². The molecule has 0 bridgehead atoms. The van der Waals surface area contributed by atoms with Crippen LogP contribution in [0.15, 0.2) is 53.0 Å². The second-order valence-corrected chi connectivity index (χ2v) is 8.03. The van der Waals surface area contributed by atoms with Crippen LogP contribution in [0.4, 0.5) is 19.1 Å². The van der Waals surface area contributed by atoms with Gasteiger partial charge >= 0.3 is 17.9 Å². The van der Waals surface area contributed by atoms with Crippen molar-refractivity contribution in [3.63, 3.8) is 0 Å². The minimum atomic E-state index is -2.23. The average Bonchev–Trinajstić information content (AvgIpc) is 3.51. The second kappa shape index (κ2) is 17.7. The van der Waals surface area contributed by atoms with Crippen molar-refractivity contribution in [1.29, 1.82) is 0 Å². The Bertz CT molecular complexity index is 1570. The number of fused-ring (bicyclic) bond motifs is 2. The number of aromatic nitrogens is 5. The minimum Gasteiger partial charge on any atom is -0.478 e. The van der Waals surface area contributed by atoms with Crippen molar-refractivity contribution >= 4 is 97.5 Å². The Hall–Kier alpha value is -4.35. The zero-order valence-electron chi connectivity index (χ0n) is 21.4. The van der Waals surface area contributed by atoms with Crippen LogP contribution in [-0.2, 0) is 14.4 Å². The largest absolute Gasteiger partial charge is 0.478 e. The summed E-state index contributed by atoms with van der Waals surface area (Å²) in [5, 5.41) is 34.3. The maximum atomic E-state index is 12.7. The number of aromatic carboxylic acids is 1. The van der Waals surface area contributed by atoms with Crippen LogP contribution in [0.3, 0.4) is 0 Å². The van der Waals surface area contributed by atoms with Gasteiger partial charge < -0.3 is 31.1 Å². The fraction of sp³-hybridized carbons (Fsp3) is 0.143. The molecule has 3 aromatic rings. The van der Waals surface area contributed by atoms with Crippen LogP contribution >= 0.6 is 49.9 Å². The van der Waals surface area contributed by atoms with E-state index in [1.165, 1.54) is 10.6 Å². The van der Waals surface area contributed by atoms with Gasteiger partial charge in [0.1, 0.15) is 0 Å². The maximum Gasteiger partial charge on any atom is 0.373 e. The third-order valence-corrected chi connectivity index (χ3v) is 4.86. The number of aliphatic imine (C=N–C) groups is 2. The molecule has 2 aliphatic heterocycles. The van der Waals surface area contributed by atoms with E-state index in [1.54, 1.807) is 0 Å². The smallest absolute Gasteiger partial charge is 0.373 e. The summed E-state index contributed by atoms with van der Waals surface area (Å²) in [6, 6.07) is 0. The van der Waals surface area contributed by atoms with E-state index in [2.05, 4.69) is 45.9 Å². The third-order valence-electron chi connectivity index (χ3n) is 4.36. The van der Waals surface area contributed by atoms with Crippen molar-refractivity contribution < 1.29 is 52.8 Å². The molecule has 0 fully saturated rings. The summed E-state index contributed by atoms with van der Waals surface area (Å²) in [7, 11) is 0. The predicted molar refractivity (Wildman–Crippen MR) is 158 cm³/mol. The molecule has 23 heteroatoms. The number of alkyl halides is 1. The molecule has 3 aromatic heterocycles. The van der Waals surface area contributed by atoms with Gasteiger partial charge in [-0.25, -0.2) is 57.5 Å². The highest BCUT2D eigenvalue weighted by molar-refractivity contribution is 9.09. The molecule has 0 aliphatic carbocycles. The Kier molecular flexibility index (Phi) is 15.9. The third kappa shape index (κ3) is 11.7. The zero-order valence-corrected chi connectivity index (χ0v) is 26.4. The molecule has 0 radical (unpaired) electrons. The first-order valence-electron chi connectivity index (χ1n) is 10.7. The number of nitrogens with zero attached hydrogens (tertiary/aromatic N) is 8. The van der Waals surface area contributed by atoms with E-state index < -0.39 is 46.9 Å². The number of allylic oxidation sites excluding steroid dienone is 1. The maximum absolute atomic E-state index is 12.7. The van der Waals surface area contributed by atoms with Crippen LogP contribution in [0.1, 0.15) is 10.5 Å². The van der Waals surface area contributed by atoms with Gasteiger partial charge in [0.2, 0.25) is 23.5 Å². The van der Waals surface area contributed by atoms with Crippen LogP contribution in [0, 0.1) is 11.6 Å². The number of Topliss-reactive ketones (excluding diaryl/α,β-unsaturated/α-hetero) is 1. The molecule has 0 aromatic carbocycles. The van der Waals surface area contributed by atoms with Crippen LogP contribution in [0.5, 0.6) is 0 Å². The number of carboxylic acids is 3. The Balaban J connectivity index is 0.000000574. The van der Waals surface area contributed by atoms with Gasteiger partial charge in [-0.3, -0.25) is 9.20 Å². The molecule has 0 saturated carbocycles. The van der Waals surface area contributed by atoms with Gasteiger partial charge in [0.05, 0.1) is 36.7 Å². The number of ketones is 1. The van der Waals surface area contributed by atoms with E-state index in [4.69, 9.17) is 21.1 Å². The molecule has 238 valence electrons. The summed E-state index contributed by atoms with van der Waals surface area (Å²) in [4.78, 5) is 62.6. The number of nitrogen functional groups attached to an aromatic ring is 1. The summed E-state index contributed by atoms with van der Waals surface area (Å²) < 4.78 is 38.4. The normalized spacial score (nSPS) is 15.5. The van der Waals surface area contributed by atoms with E-state index in [9.17, 15) is 37.5 Å². The van der Waals surface area contributed by atoms with Gasteiger partial charge in [-0.2, -0.15) is 0 Å². The standard InChI is InChI=1S/C7H6FN3O3.C7H4FN3O2.C4H4FN3.C3H3BrO3.2BrH/c8-4-1-9-6-10-7(14,5(12)13)3-11(6)2-4;8-4-1-9-7-10-5(6(12)13)3-11(7)2-4;5-3-1-7-4(6)8-2-3;4-1-2(5)3(6)7;;/h1-2,14H,3H2,(H,12,13);1-3H,(H,12,13);1-2H,(H2,6,7,8);1H2,(H,6,7);2*1H. The lowest BCUT2D eigenvalue weighted by Gasteiger charge is -2.17. The number of carbonyl (C=O) groups is 4. The van der Waals surface area contributed by atoms with Crippen molar-refractivity contribution in [3.05, 3.63) is 60.3 Å². The first-order chi connectivity index (χ1) is 19.6. The van der Waals surface area contributed by atoms with Crippen molar-refractivity contribution in [2.45, 2.75) is 5.72 Å². The van der Waals surface area contributed by atoms with Crippen molar-refractivity contribution in [2.24, 2.45) is 9.98 Å². The number of anilines is 1. The second-order valence-electron chi connectivity index (χ2n) is 7.47. The summed E-state index contributed by atoms with van der Waals surface area (Å²) >= 11 is 2.68. The first kappa shape index (κ1) is 39.6. The topological polar surface area (TPSA) is 259 Å². The molecule has 6 N–H and O–H groups in total. The predicted octanol–water partition coefficient (Wildman–Crippen LogP) is 1.28. The summed E-state index contributed by atoms with van der Waals surface area (Å²) in [6.07, 6.45) is 7.27. The van der Waals surface area contributed by atoms with Gasteiger partial charge in [0, 0.05) is 18.6 Å². The van der Waals surface area contributed by atoms with Gasteiger partial charge in [-0.05, 0) is 0 Å². The summed E-state index contributed by atoms with van der Waals surface area (Å²) in [6.45, 7) is -0.331. The molecule has 0 spiro atoms. The number of carbonyl (C=O) groups excluding carboxylic acids is 1. The van der Waals surface area contributed by atoms with E-state index in [-0.39, 0.29) is 69.2 Å². The Morgan fingerprint density at radius 2 is 1.57 bits per heavy atom. The summed E-state index contributed by atoms with van der Waals surface area (Å²) in [5.74, 6) is -6.23. The number of imidazole rings is 1. The number of carboxylic acid groups (broad SMARTS) is 3. The minimum absolute atomic E-state index is 0. The van der Waals surface area contributed by atoms with Crippen LogP contribution in [0.25, 0.3) is 5.78 Å². The molecule has 5 rings (SSSR count). The van der Waals surface area contributed by atoms with E-state index in [0.717, 1.165) is 42.1 Å². The van der Waals surface area contributed by atoms with Crippen molar-refractivity contribution in [2.75, 3.05) is 17.6 Å². The van der Waals surface area contributed by atoms with Gasteiger partial charge in [-0.1, -0.05) is 15.9 Å². The fourth-order valence-electron chi connectivity index (χ4n) is 2.54. The Morgan fingerprint density at radius 1 is 0.977 bits per heavy atom. The number of aliphatic hydroxyl groups is 1. The molecule has 0 amide bonds. The van der Waals surface area contributed by atoms with E-state index >= 15 is 0 Å². The molecular formula is C21H19Br3F3N9O8. The zero-order chi connectivity index (χ0) is 31.6. The monoisotopic (exact) mass is 819 g/mol. The molecule has 1 unspecified atom stereocenters. The average molecular weight is 822 g/mol. The number of rotatable bonds is 4. The quantitative estimate of drug-likeness (QED) is 0.184. The highest BCUT2D eigenvalue weighted by atomic mass is 79.9. The summed E-state index contributed by atoms with van der Waals surface area (Å²) in [5.41, 5.74) is 2.65. The van der Waals surface area contributed by atoms with Crippen LogP contribution in [-0.4, -0.2) is 103 Å². The molecule has 17 nitrogen and oxygen atoms in total. The number of hydrogen-bond donors (Lipinski definition) is 5. The molecule has 44 heavy (non-hydrogen) atoms. The van der Waals surface area contributed by atoms with Crippen molar-refractivity contribution in [1.82, 2.24) is 29.2 Å². The van der Waals surface area contributed by atoms with Crippen LogP contribution < -0.4 is 5.73 Å². The highest BCUT2D eigenvalue weighted by Crippen LogP contribution is 2.22. The molecule has 1 atom stereocenters. The lowest BCUT2D eigenvalue weighted by atomic mass is 10.2. The first-order valence-corrected chi connectivity index (χ1v) is 11.8. The Morgan fingerprint density at radius 3 is 2.05 bits per heavy atom. The number of nitrogens with two attached hydrogens (primary N) is 1.